The van der Waals surface area contributed by atoms with E-state index in [4.69, 9.17) is 0 Å². The number of pyridine rings is 2. The van der Waals surface area contributed by atoms with Crippen molar-refractivity contribution in [2.75, 3.05) is 26.2 Å². The van der Waals surface area contributed by atoms with Crippen molar-refractivity contribution in [1.29, 1.82) is 0 Å². The summed E-state index contributed by atoms with van der Waals surface area (Å²) in [6, 6.07) is 7.11. The maximum absolute atomic E-state index is 12.7. The van der Waals surface area contributed by atoms with Crippen LogP contribution in [0, 0.1) is 0 Å². The molecule has 8 heteroatoms. The van der Waals surface area contributed by atoms with Gasteiger partial charge in [0.25, 0.3) is 11.7 Å². The molecular formula is C17H18F2N4OS. The molecule has 1 aliphatic heterocycles. The Hall–Kier alpha value is -2.06. The molecule has 0 aliphatic carbocycles. The molecule has 0 radical (unpaired) electrons. The lowest BCUT2D eigenvalue weighted by molar-refractivity contribution is 0.0624. The van der Waals surface area contributed by atoms with E-state index in [1.807, 2.05) is 12.1 Å². The van der Waals surface area contributed by atoms with Crippen LogP contribution >= 0.6 is 11.8 Å². The van der Waals surface area contributed by atoms with Gasteiger partial charge in [-0.25, -0.2) is 4.98 Å². The monoisotopic (exact) mass is 364 g/mol. The van der Waals surface area contributed by atoms with Gasteiger partial charge in [-0.3, -0.25) is 14.7 Å². The molecule has 132 valence electrons. The highest BCUT2D eigenvalue weighted by molar-refractivity contribution is 7.99. The van der Waals surface area contributed by atoms with Gasteiger partial charge in [-0.1, -0.05) is 0 Å². The van der Waals surface area contributed by atoms with Crippen LogP contribution in [0.5, 0.6) is 0 Å². The first-order valence-electron chi connectivity index (χ1n) is 7.94. The van der Waals surface area contributed by atoms with E-state index in [1.165, 1.54) is 11.8 Å². The van der Waals surface area contributed by atoms with Crippen LogP contribution in [0.3, 0.4) is 0 Å². The Balaban J connectivity index is 1.60. The van der Waals surface area contributed by atoms with Crippen LogP contribution in [0.1, 0.15) is 15.9 Å². The van der Waals surface area contributed by atoms with Gasteiger partial charge in [-0.2, -0.15) is 8.78 Å². The minimum absolute atomic E-state index is 0.0849. The molecule has 2 aromatic rings. The van der Waals surface area contributed by atoms with Gasteiger partial charge in [0.1, 0.15) is 5.03 Å². The highest BCUT2D eigenvalue weighted by Crippen LogP contribution is 2.27. The quantitative estimate of drug-likeness (QED) is 0.764. The Morgan fingerprint density at radius 3 is 2.52 bits per heavy atom. The maximum Gasteiger partial charge on any atom is 0.290 e. The second-order valence-electron chi connectivity index (χ2n) is 5.66. The standard InChI is InChI=1S/C17H18F2N4OS/c18-17(19)25-15-14(2-1-5-21-15)16(24)23-10-8-22(9-11-23)12-13-3-6-20-7-4-13/h1-7,17H,8-12H2. The van der Waals surface area contributed by atoms with E-state index in [9.17, 15) is 13.6 Å². The van der Waals surface area contributed by atoms with Crippen LogP contribution in [0.2, 0.25) is 0 Å². The van der Waals surface area contributed by atoms with Crippen LogP contribution in [0.4, 0.5) is 8.78 Å². The van der Waals surface area contributed by atoms with Crippen LogP contribution in [0.25, 0.3) is 0 Å². The number of carbonyl (C=O) groups excluding carboxylic acids is 1. The first-order chi connectivity index (χ1) is 12.1. The van der Waals surface area contributed by atoms with Crippen molar-refractivity contribution in [1.82, 2.24) is 19.8 Å². The van der Waals surface area contributed by atoms with Gasteiger partial charge in [0.2, 0.25) is 0 Å². The number of amides is 1. The van der Waals surface area contributed by atoms with Gasteiger partial charge in [0.05, 0.1) is 5.56 Å². The number of carbonyl (C=O) groups is 1. The number of hydrogen-bond donors (Lipinski definition) is 0. The summed E-state index contributed by atoms with van der Waals surface area (Å²) in [5.74, 6) is -2.83. The topological polar surface area (TPSA) is 49.3 Å². The predicted molar refractivity (Wildman–Crippen MR) is 91.5 cm³/mol. The molecule has 5 nitrogen and oxygen atoms in total. The lowest BCUT2D eigenvalue weighted by Gasteiger charge is -2.35. The summed E-state index contributed by atoms with van der Waals surface area (Å²) in [5.41, 5.74) is 1.42. The summed E-state index contributed by atoms with van der Waals surface area (Å²) in [4.78, 5) is 24.6. The number of alkyl halides is 2. The van der Waals surface area contributed by atoms with Gasteiger partial charge in [-0.05, 0) is 41.6 Å². The third-order valence-corrected chi connectivity index (χ3v) is 4.74. The molecule has 0 N–H and O–H groups in total. The fourth-order valence-electron chi connectivity index (χ4n) is 2.76. The number of piperazine rings is 1. The van der Waals surface area contributed by atoms with E-state index in [2.05, 4.69) is 14.9 Å². The summed E-state index contributed by atoms with van der Waals surface area (Å²) in [6.07, 6.45) is 4.95. The summed E-state index contributed by atoms with van der Waals surface area (Å²) >= 11 is 0.311. The molecule has 2 aromatic heterocycles. The van der Waals surface area contributed by atoms with Gasteiger partial charge >= 0.3 is 0 Å². The molecule has 0 bridgehead atoms. The van der Waals surface area contributed by atoms with E-state index < -0.39 is 5.76 Å². The molecule has 1 amide bonds. The van der Waals surface area contributed by atoms with E-state index in [-0.39, 0.29) is 16.5 Å². The largest absolute Gasteiger partial charge is 0.336 e. The summed E-state index contributed by atoms with van der Waals surface area (Å²) in [6.45, 7) is 3.43. The third-order valence-electron chi connectivity index (χ3n) is 4.02. The molecule has 1 fully saturated rings. The maximum atomic E-state index is 12.7. The minimum Gasteiger partial charge on any atom is -0.336 e. The Morgan fingerprint density at radius 2 is 1.84 bits per heavy atom. The van der Waals surface area contributed by atoms with E-state index in [1.54, 1.807) is 29.4 Å². The normalized spacial score (nSPS) is 15.6. The van der Waals surface area contributed by atoms with Gasteiger partial charge in [0.15, 0.2) is 0 Å². The Bertz CT molecular complexity index is 709. The lowest BCUT2D eigenvalue weighted by Crippen LogP contribution is -2.48. The Kier molecular flexibility index (Phi) is 5.93. The predicted octanol–water partition coefficient (Wildman–Crippen LogP) is 2.75. The van der Waals surface area contributed by atoms with Crippen molar-refractivity contribution in [3.63, 3.8) is 0 Å². The van der Waals surface area contributed by atoms with Crippen molar-refractivity contribution in [3.05, 3.63) is 54.0 Å². The molecule has 0 saturated carbocycles. The summed E-state index contributed by atoms with van der Waals surface area (Å²) in [5, 5.41) is 0.0849. The van der Waals surface area contributed by atoms with E-state index in [0.717, 1.165) is 19.6 Å². The van der Waals surface area contributed by atoms with Crippen molar-refractivity contribution >= 4 is 17.7 Å². The number of aromatic nitrogens is 2. The Morgan fingerprint density at radius 1 is 1.12 bits per heavy atom. The van der Waals surface area contributed by atoms with Crippen molar-refractivity contribution < 1.29 is 13.6 Å². The number of nitrogens with zero attached hydrogens (tertiary/aromatic N) is 4. The summed E-state index contributed by atoms with van der Waals surface area (Å²) in [7, 11) is 0. The average Bonchev–Trinajstić information content (AvgIpc) is 2.63. The molecule has 0 spiro atoms. The fraction of sp³-hybridized carbons (Fsp3) is 0.353. The number of rotatable bonds is 5. The highest BCUT2D eigenvalue weighted by Gasteiger charge is 2.25. The SMILES string of the molecule is O=C(c1cccnc1SC(F)F)N1CCN(Cc2ccncc2)CC1. The van der Waals surface area contributed by atoms with Crippen LogP contribution in [-0.4, -0.2) is 57.6 Å². The smallest absolute Gasteiger partial charge is 0.290 e. The molecule has 1 saturated heterocycles. The van der Waals surface area contributed by atoms with Crippen LogP contribution in [0.15, 0.2) is 47.9 Å². The zero-order valence-electron chi connectivity index (χ0n) is 13.5. The third kappa shape index (κ3) is 4.73. The molecule has 25 heavy (non-hydrogen) atoms. The van der Waals surface area contributed by atoms with Gasteiger partial charge in [0, 0.05) is 51.3 Å². The Labute approximate surface area is 149 Å². The number of hydrogen-bond acceptors (Lipinski definition) is 5. The van der Waals surface area contributed by atoms with Crippen molar-refractivity contribution in [2.24, 2.45) is 0 Å². The second-order valence-corrected chi connectivity index (χ2v) is 6.64. The molecule has 0 aromatic carbocycles. The minimum atomic E-state index is -2.60. The molecule has 0 unspecified atom stereocenters. The fourth-order valence-corrected chi connectivity index (χ4v) is 3.33. The summed E-state index contributed by atoms with van der Waals surface area (Å²) < 4.78 is 25.3. The lowest BCUT2D eigenvalue weighted by atomic mass is 10.2. The zero-order chi connectivity index (χ0) is 17.6. The van der Waals surface area contributed by atoms with Crippen LogP contribution in [-0.2, 0) is 6.54 Å². The number of thioether (sulfide) groups is 1. The van der Waals surface area contributed by atoms with Gasteiger partial charge in [-0.15, -0.1) is 0 Å². The zero-order valence-corrected chi connectivity index (χ0v) is 14.3. The second kappa shape index (κ2) is 8.35. The van der Waals surface area contributed by atoms with Crippen molar-refractivity contribution in [3.8, 4) is 0 Å². The highest BCUT2D eigenvalue weighted by atomic mass is 32.2. The van der Waals surface area contributed by atoms with Gasteiger partial charge < -0.3 is 4.90 Å². The molecule has 1 aliphatic rings. The molecule has 0 atom stereocenters. The first-order valence-corrected chi connectivity index (χ1v) is 8.82. The molecular weight excluding hydrogens is 346 g/mol. The van der Waals surface area contributed by atoms with E-state index >= 15 is 0 Å². The number of halogens is 2. The van der Waals surface area contributed by atoms with E-state index in [0.29, 0.717) is 24.9 Å². The first kappa shape index (κ1) is 17.8. The molecule has 3 rings (SSSR count). The van der Waals surface area contributed by atoms with Crippen LogP contribution < -0.4 is 0 Å². The molecule has 3 heterocycles. The average molecular weight is 364 g/mol. The van der Waals surface area contributed by atoms with Crippen molar-refractivity contribution in [2.45, 2.75) is 17.3 Å².